The number of hydrogen-bond donors (Lipinski definition) is 3. The summed E-state index contributed by atoms with van der Waals surface area (Å²) in [6, 6.07) is 3.11. The fraction of sp³-hybridized carbons (Fsp3) is 0.231. The van der Waals surface area contributed by atoms with Crippen molar-refractivity contribution in [1.29, 1.82) is 0 Å². The van der Waals surface area contributed by atoms with Gasteiger partial charge in [0.25, 0.3) is 0 Å². The maximum Gasteiger partial charge on any atom is 0.338 e. The van der Waals surface area contributed by atoms with Gasteiger partial charge in [0.05, 0.1) is 12.1 Å². The average Bonchev–Trinajstić information content (AvgIpc) is 3.04. The molecule has 2 aromatic rings. The van der Waals surface area contributed by atoms with E-state index < -0.39 is 12.0 Å². The van der Waals surface area contributed by atoms with Crippen molar-refractivity contribution in [3.63, 3.8) is 0 Å². The highest BCUT2D eigenvalue weighted by Gasteiger charge is 2.13. The topological polar surface area (TPSA) is 78.4 Å². The number of hydrogen-bond acceptors (Lipinski definition) is 4. The van der Waals surface area contributed by atoms with Crippen LogP contribution in [0, 0.1) is 0 Å². The third kappa shape index (κ3) is 3.37. The number of carbonyl (C=O) groups excluding carboxylic acids is 1. The molecule has 7 heteroatoms. The number of rotatable bonds is 5. The fourth-order valence-electron chi connectivity index (χ4n) is 1.72. The lowest BCUT2D eigenvalue weighted by molar-refractivity contribution is 0.0698. The summed E-state index contributed by atoms with van der Waals surface area (Å²) in [5.41, 5.74) is 1.33. The number of thiophene rings is 2. The maximum atomic E-state index is 11.8. The molecular weight excluding hydrogens is 296 g/mol. The molecule has 0 saturated heterocycles. The molecule has 0 spiro atoms. The SMILES string of the molecule is CCc1ccsc1CNC(=O)Nc1sccc1C(=O)O. The highest BCUT2D eigenvalue weighted by Crippen LogP contribution is 2.23. The molecule has 20 heavy (non-hydrogen) atoms. The molecule has 0 aliphatic heterocycles. The van der Waals surface area contributed by atoms with Crippen molar-refractivity contribution in [1.82, 2.24) is 5.32 Å². The van der Waals surface area contributed by atoms with Crippen molar-refractivity contribution < 1.29 is 14.7 Å². The molecule has 106 valence electrons. The number of urea groups is 1. The van der Waals surface area contributed by atoms with Gasteiger partial charge in [0.1, 0.15) is 5.00 Å². The fourth-order valence-corrected chi connectivity index (χ4v) is 3.41. The quantitative estimate of drug-likeness (QED) is 0.792. The Morgan fingerprint density at radius 1 is 1.25 bits per heavy atom. The number of carboxylic acid groups (broad SMARTS) is 1. The summed E-state index contributed by atoms with van der Waals surface area (Å²) in [6.07, 6.45) is 0.927. The summed E-state index contributed by atoms with van der Waals surface area (Å²) in [5.74, 6) is -1.05. The smallest absolute Gasteiger partial charge is 0.338 e. The van der Waals surface area contributed by atoms with Gasteiger partial charge in [0.15, 0.2) is 0 Å². The van der Waals surface area contributed by atoms with Crippen LogP contribution in [0.4, 0.5) is 9.80 Å². The van der Waals surface area contributed by atoms with Crippen LogP contribution in [0.25, 0.3) is 0 Å². The number of carbonyl (C=O) groups is 2. The highest BCUT2D eigenvalue weighted by molar-refractivity contribution is 7.14. The van der Waals surface area contributed by atoms with Crippen molar-refractivity contribution >= 4 is 39.7 Å². The zero-order valence-corrected chi connectivity index (χ0v) is 12.4. The minimum atomic E-state index is -1.05. The van der Waals surface area contributed by atoms with Gasteiger partial charge in [-0.1, -0.05) is 6.92 Å². The molecule has 2 rings (SSSR count). The van der Waals surface area contributed by atoms with Crippen LogP contribution < -0.4 is 10.6 Å². The highest BCUT2D eigenvalue weighted by atomic mass is 32.1. The first-order chi connectivity index (χ1) is 9.61. The molecule has 0 aromatic carbocycles. The van der Waals surface area contributed by atoms with Crippen LogP contribution >= 0.6 is 22.7 Å². The van der Waals surface area contributed by atoms with E-state index in [2.05, 4.69) is 17.6 Å². The van der Waals surface area contributed by atoms with Gasteiger partial charge in [-0.25, -0.2) is 9.59 Å². The molecule has 0 bridgehead atoms. The Labute approximate surface area is 124 Å². The monoisotopic (exact) mass is 310 g/mol. The van der Waals surface area contributed by atoms with Crippen molar-refractivity contribution in [3.8, 4) is 0 Å². The van der Waals surface area contributed by atoms with Crippen LogP contribution in [0.2, 0.25) is 0 Å². The van der Waals surface area contributed by atoms with Gasteiger partial charge < -0.3 is 10.4 Å². The first-order valence-corrected chi connectivity index (χ1v) is 7.78. The van der Waals surface area contributed by atoms with Gasteiger partial charge in [-0.05, 0) is 34.9 Å². The molecule has 0 radical (unpaired) electrons. The van der Waals surface area contributed by atoms with Crippen LogP contribution in [0.15, 0.2) is 22.9 Å². The Morgan fingerprint density at radius 2 is 2.00 bits per heavy atom. The zero-order chi connectivity index (χ0) is 14.5. The second-order valence-corrected chi connectivity index (χ2v) is 5.92. The number of nitrogens with one attached hydrogen (secondary N) is 2. The summed E-state index contributed by atoms with van der Waals surface area (Å²) in [5, 5.41) is 18.2. The lowest BCUT2D eigenvalue weighted by atomic mass is 10.2. The van der Waals surface area contributed by atoms with Gasteiger partial charge in [-0.2, -0.15) is 0 Å². The van der Waals surface area contributed by atoms with E-state index in [4.69, 9.17) is 5.11 Å². The molecule has 2 amide bonds. The normalized spacial score (nSPS) is 10.2. The lowest BCUT2D eigenvalue weighted by Crippen LogP contribution is -2.28. The van der Waals surface area contributed by atoms with E-state index in [0.717, 1.165) is 11.3 Å². The second-order valence-electron chi connectivity index (χ2n) is 4.00. The largest absolute Gasteiger partial charge is 0.478 e. The molecule has 0 saturated carbocycles. The van der Waals surface area contributed by atoms with E-state index in [9.17, 15) is 9.59 Å². The summed E-state index contributed by atoms with van der Waals surface area (Å²) in [7, 11) is 0. The van der Waals surface area contributed by atoms with E-state index in [0.29, 0.717) is 11.5 Å². The van der Waals surface area contributed by atoms with Gasteiger partial charge >= 0.3 is 12.0 Å². The third-order valence-corrected chi connectivity index (χ3v) is 4.54. The van der Waals surface area contributed by atoms with Crippen LogP contribution in [-0.4, -0.2) is 17.1 Å². The van der Waals surface area contributed by atoms with Crippen LogP contribution in [0.5, 0.6) is 0 Å². The van der Waals surface area contributed by atoms with Crippen LogP contribution in [0.3, 0.4) is 0 Å². The minimum Gasteiger partial charge on any atom is -0.478 e. The molecule has 0 aliphatic carbocycles. The number of anilines is 1. The van der Waals surface area contributed by atoms with Crippen molar-refractivity contribution in [2.24, 2.45) is 0 Å². The van der Waals surface area contributed by atoms with E-state index in [1.165, 1.54) is 23.0 Å². The Balaban J connectivity index is 1.93. The Bertz CT molecular complexity index is 619. The predicted octanol–water partition coefficient (Wildman–Crippen LogP) is 3.39. The summed E-state index contributed by atoms with van der Waals surface area (Å²) in [6.45, 7) is 2.51. The van der Waals surface area contributed by atoms with Crippen molar-refractivity contribution in [3.05, 3.63) is 38.9 Å². The van der Waals surface area contributed by atoms with Crippen molar-refractivity contribution in [2.75, 3.05) is 5.32 Å². The first-order valence-electron chi connectivity index (χ1n) is 6.02. The number of carboxylic acids is 1. The average molecular weight is 310 g/mol. The molecular formula is C13H14N2O3S2. The molecule has 0 unspecified atom stereocenters. The zero-order valence-electron chi connectivity index (χ0n) is 10.8. The molecule has 2 heterocycles. The van der Waals surface area contributed by atoms with Crippen molar-refractivity contribution in [2.45, 2.75) is 19.9 Å². The molecule has 5 nitrogen and oxygen atoms in total. The molecule has 0 fully saturated rings. The number of aryl methyl sites for hydroxylation is 1. The Hall–Kier alpha value is -1.86. The predicted molar refractivity (Wildman–Crippen MR) is 80.8 cm³/mol. The number of amides is 2. The molecule has 0 aliphatic rings. The minimum absolute atomic E-state index is 0.107. The van der Waals surface area contributed by atoms with Gasteiger partial charge in [-0.15, -0.1) is 22.7 Å². The van der Waals surface area contributed by atoms with Gasteiger partial charge in [-0.3, -0.25) is 5.32 Å². The standard InChI is InChI=1S/C13H14N2O3S2/c1-2-8-3-5-19-10(8)7-14-13(18)15-11-9(12(16)17)4-6-20-11/h3-6H,2,7H2,1H3,(H,16,17)(H2,14,15,18). The van der Waals surface area contributed by atoms with Gasteiger partial charge in [0, 0.05) is 4.88 Å². The Kier molecular flexibility index (Phi) is 4.75. The van der Waals surface area contributed by atoms with E-state index in [-0.39, 0.29) is 5.56 Å². The summed E-state index contributed by atoms with van der Waals surface area (Å²) >= 11 is 2.79. The summed E-state index contributed by atoms with van der Waals surface area (Å²) < 4.78 is 0. The molecule has 2 aromatic heterocycles. The summed E-state index contributed by atoms with van der Waals surface area (Å²) in [4.78, 5) is 23.8. The molecule has 3 N–H and O–H groups in total. The number of aromatic carboxylic acids is 1. The van der Waals surface area contributed by atoms with E-state index in [1.807, 2.05) is 11.4 Å². The maximum absolute atomic E-state index is 11.8. The van der Waals surface area contributed by atoms with Gasteiger partial charge in [0.2, 0.25) is 0 Å². The Morgan fingerprint density at radius 3 is 2.70 bits per heavy atom. The van der Waals surface area contributed by atoms with Crippen LogP contribution in [-0.2, 0) is 13.0 Å². The first kappa shape index (κ1) is 14.5. The second kappa shape index (κ2) is 6.53. The molecule has 0 atom stereocenters. The van der Waals surface area contributed by atoms with E-state index in [1.54, 1.807) is 16.7 Å². The van der Waals surface area contributed by atoms with Crippen LogP contribution in [0.1, 0.15) is 27.7 Å². The van der Waals surface area contributed by atoms with E-state index >= 15 is 0 Å². The third-order valence-electron chi connectivity index (χ3n) is 2.75. The lowest BCUT2D eigenvalue weighted by Gasteiger charge is -2.07.